The van der Waals surface area contributed by atoms with Crippen molar-refractivity contribution >= 4 is 42.0 Å². The lowest BCUT2D eigenvalue weighted by Gasteiger charge is -2.15. The molecule has 0 aliphatic rings. The number of hydrogen-bond acceptors (Lipinski definition) is 7. The van der Waals surface area contributed by atoms with Crippen LogP contribution in [-0.4, -0.2) is 61.1 Å². The first-order chi connectivity index (χ1) is 9.61. The van der Waals surface area contributed by atoms with Crippen molar-refractivity contribution in [3.05, 3.63) is 0 Å². The summed E-state index contributed by atoms with van der Waals surface area (Å²) >= 11 is 2.87. The Labute approximate surface area is 129 Å². The lowest BCUT2D eigenvalue weighted by Crippen LogP contribution is -2.25. The summed E-state index contributed by atoms with van der Waals surface area (Å²) in [5.41, 5.74) is 0. The van der Waals surface area contributed by atoms with E-state index in [1.807, 2.05) is 12.5 Å². The van der Waals surface area contributed by atoms with E-state index in [1.165, 1.54) is 16.4 Å². The quantitative estimate of drug-likeness (QED) is 0.268. The standard InChI is InChI=1S/C12H23N3O3S2/c1-4-18-12(17)6-8-14-20-15(2)11(16)5-7-13-9-10-19-3/h9,14H,4-8,10H2,1-3H3. The Morgan fingerprint density at radius 2 is 2.15 bits per heavy atom. The Hall–Kier alpha value is -0.730. The van der Waals surface area contributed by atoms with Crippen LogP contribution in [0.3, 0.4) is 0 Å². The van der Waals surface area contributed by atoms with Crippen LogP contribution in [0.25, 0.3) is 0 Å². The van der Waals surface area contributed by atoms with E-state index in [0.29, 0.717) is 32.5 Å². The first-order valence-corrected chi connectivity index (χ1v) is 8.57. The molecule has 0 aromatic carbocycles. The van der Waals surface area contributed by atoms with Gasteiger partial charge in [0.25, 0.3) is 0 Å². The summed E-state index contributed by atoms with van der Waals surface area (Å²) in [7, 11) is 1.69. The Morgan fingerprint density at radius 1 is 1.40 bits per heavy atom. The molecule has 116 valence electrons. The largest absolute Gasteiger partial charge is 0.466 e. The van der Waals surface area contributed by atoms with Gasteiger partial charge in [-0.3, -0.25) is 18.9 Å². The third kappa shape index (κ3) is 11.1. The number of ether oxygens (including phenoxy) is 1. The Morgan fingerprint density at radius 3 is 2.80 bits per heavy atom. The molecule has 20 heavy (non-hydrogen) atoms. The van der Waals surface area contributed by atoms with Gasteiger partial charge in [0.05, 0.1) is 13.0 Å². The second-order valence-electron chi connectivity index (χ2n) is 3.73. The molecule has 0 atom stereocenters. The molecule has 0 aromatic rings. The number of carbonyl (C=O) groups is 2. The summed E-state index contributed by atoms with van der Waals surface area (Å²) in [5.74, 6) is 0.631. The number of esters is 1. The number of aliphatic imine (C=N–C) groups is 1. The third-order valence-electron chi connectivity index (χ3n) is 2.11. The van der Waals surface area contributed by atoms with Crippen LogP contribution in [0.15, 0.2) is 4.99 Å². The SMILES string of the molecule is CCOC(=O)CCNSN(C)C(=O)CCN=CCSC. The molecule has 0 aromatic heterocycles. The zero-order chi connectivity index (χ0) is 15.2. The summed E-state index contributed by atoms with van der Waals surface area (Å²) < 4.78 is 9.25. The number of nitrogens with one attached hydrogen (secondary N) is 1. The maximum Gasteiger partial charge on any atom is 0.307 e. The van der Waals surface area contributed by atoms with Crippen molar-refractivity contribution in [3.63, 3.8) is 0 Å². The molecule has 0 unspecified atom stereocenters. The molecule has 8 heteroatoms. The van der Waals surface area contributed by atoms with Gasteiger partial charge in [-0.2, -0.15) is 11.8 Å². The van der Waals surface area contributed by atoms with E-state index in [1.54, 1.807) is 25.7 Å². The van der Waals surface area contributed by atoms with E-state index in [2.05, 4.69) is 9.71 Å². The van der Waals surface area contributed by atoms with Crippen molar-refractivity contribution in [3.8, 4) is 0 Å². The number of carbonyl (C=O) groups excluding carboxylic acids is 2. The molecular weight excluding hydrogens is 298 g/mol. The lowest BCUT2D eigenvalue weighted by molar-refractivity contribution is -0.142. The summed E-state index contributed by atoms with van der Waals surface area (Å²) in [6, 6.07) is 0. The average Bonchev–Trinajstić information content (AvgIpc) is 2.43. The maximum absolute atomic E-state index is 11.7. The van der Waals surface area contributed by atoms with Gasteiger partial charge in [0.2, 0.25) is 5.91 Å². The fraction of sp³-hybridized carbons (Fsp3) is 0.750. The summed E-state index contributed by atoms with van der Waals surface area (Å²) in [4.78, 5) is 26.9. The highest BCUT2D eigenvalue weighted by Gasteiger charge is 2.09. The molecule has 0 aliphatic heterocycles. The molecule has 0 aliphatic carbocycles. The summed E-state index contributed by atoms with van der Waals surface area (Å²) in [6.07, 6.45) is 4.50. The molecule has 0 rings (SSSR count). The number of nitrogens with zero attached hydrogens (tertiary/aromatic N) is 2. The summed E-state index contributed by atoms with van der Waals surface area (Å²) in [5, 5.41) is 0. The van der Waals surface area contributed by atoms with Crippen LogP contribution in [-0.2, 0) is 14.3 Å². The summed E-state index contributed by atoms with van der Waals surface area (Å²) in [6.45, 7) is 3.13. The monoisotopic (exact) mass is 321 g/mol. The zero-order valence-electron chi connectivity index (χ0n) is 12.3. The van der Waals surface area contributed by atoms with Crippen LogP contribution in [0.4, 0.5) is 0 Å². The van der Waals surface area contributed by atoms with E-state index in [-0.39, 0.29) is 11.9 Å². The van der Waals surface area contributed by atoms with Crippen LogP contribution < -0.4 is 4.72 Å². The molecule has 0 spiro atoms. The van der Waals surface area contributed by atoms with Crippen molar-refractivity contribution in [2.45, 2.75) is 19.8 Å². The minimum atomic E-state index is -0.238. The smallest absolute Gasteiger partial charge is 0.307 e. The van der Waals surface area contributed by atoms with E-state index in [9.17, 15) is 9.59 Å². The van der Waals surface area contributed by atoms with Crippen LogP contribution in [0.5, 0.6) is 0 Å². The normalized spacial score (nSPS) is 10.8. The molecule has 0 bridgehead atoms. The molecular formula is C12H23N3O3S2. The van der Waals surface area contributed by atoms with E-state index in [4.69, 9.17) is 4.74 Å². The van der Waals surface area contributed by atoms with Gasteiger partial charge >= 0.3 is 5.97 Å². The minimum Gasteiger partial charge on any atom is -0.466 e. The number of thioether (sulfide) groups is 1. The molecule has 0 saturated carbocycles. The lowest BCUT2D eigenvalue weighted by atomic mass is 10.4. The number of hydrogen-bond donors (Lipinski definition) is 1. The first-order valence-electron chi connectivity index (χ1n) is 6.41. The van der Waals surface area contributed by atoms with Gasteiger partial charge in [0.15, 0.2) is 0 Å². The van der Waals surface area contributed by atoms with Gasteiger partial charge in [-0.15, -0.1) is 0 Å². The molecule has 1 N–H and O–H groups in total. The molecule has 0 fully saturated rings. The topological polar surface area (TPSA) is 71.0 Å². The second kappa shape index (κ2) is 13.3. The third-order valence-corrected chi connectivity index (χ3v) is 3.41. The molecule has 0 heterocycles. The van der Waals surface area contributed by atoms with Crippen molar-refractivity contribution in [1.29, 1.82) is 0 Å². The van der Waals surface area contributed by atoms with E-state index < -0.39 is 0 Å². The fourth-order valence-electron chi connectivity index (χ4n) is 1.12. The highest BCUT2D eigenvalue weighted by molar-refractivity contribution is 7.99. The van der Waals surface area contributed by atoms with E-state index >= 15 is 0 Å². The molecule has 6 nitrogen and oxygen atoms in total. The minimum absolute atomic E-state index is 0.0000590. The van der Waals surface area contributed by atoms with Crippen LogP contribution in [0.2, 0.25) is 0 Å². The van der Waals surface area contributed by atoms with Crippen LogP contribution in [0.1, 0.15) is 19.8 Å². The Bertz CT molecular complexity index is 314. The van der Waals surface area contributed by atoms with Gasteiger partial charge in [-0.25, -0.2) is 4.72 Å². The molecule has 1 amide bonds. The average molecular weight is 321 g/mol. The molecule has 0 radical (unpaired) electrons. The van der Waals surface area contributed by atoms with Gasteiger partial charge in [0.1, 0.15) is 0 Å². The van der Waals surface area contributed by atoms with Gasteiger partial charge in [-0.05, 0) is 13.2 Å². The first kappa shape index (κ1) is 19.3. The predicted octanol–water partition coefficient (Wildman–Crippen LogP) is 1.37. The van der Waals surface area contributed by atoms with E-state index in [0.717, 1.165) is 5.75 Å². The number of amides is 1. The predicted molar refractivity (Wildman–Crippen MR) is 86.0 cm³/mol. The fourth-order valence-corrected chi connectivity index (χ4v) is 1.95. The van der Waals surface area contributed by atoms with Crippen molar-refractivity contribution in [2.75, 3.05) is 38.8 Å². The van der Waals surface area contributed by atoms with Gasteiger partial charge in [0, 0.05) is 50.7 Å². The van der Waals surface area contributed by atoms with Crippen LogP contribution in [0, 0.1) is 0 Å². The highest BCUT2D eigenvalue weighted by Crippen LogP contribution is 2.04. The van der Waals surface area contributed by atoms with Crippen LogP contribution >= 0.6 is 23.9 Å². The second-order valence-corrected chi connectivity index (χ2v) is 5.66. The zero-order valence-corrected chi connectivity index (χ0v) is 13.9. The van der Waals surface area contributed by atoms with Crippen molar-refractivity contribution in [2.24, 2.45) is 4.99 Å². The maximum atomic E-state index is 11.7. The number of rotatable bonds is 11. The molecule has 0 saturated heterocycles. The highest BCUT2D eigenvalue weighted by atomic mass is 32.2. The van der Waals surface area contributed by atoms with Gasteiger partial charge in [-0.1, -0.05) is 0 Å². The van der Waals surface area contributed by atoms with Crippen molar-refractivity contribution < 1.29 is 14.3 Å². The van der Waals surface area contributed by atoms with Gasteiger partial charge < -0.3 is 4.74 Å². The Kier molecular flexibility index (Phi) is 12.8. The van der Waals surface area contributed by atoms with Crippen molar-refractivity contribution in [1.82, 2.24) is 9.03 Å². The Balaban J connectivity index is 3.62.